The van der Waals surface area contributed by atoms with Gasteiger partial charge in [0.2, 0.25) is 0 Å². The highest BCUT2D eigenvalue weighted by Gasteiger charge is 2.65. The average Bonchev–Trinajstić information content (AvgIpc) is 2.73. The third-order valence-corrected chi connectivity index (χ3v) is 8.99. The SMILES string of the molecule is C[C@]12CCC(=O)C(Cl)=C1CC[C@@H]1[C@@H]2[C@H](O)C[C@@]2(C)[C@H]1CC[C@]2(C)O. The van der Waals surface area contributed by atoms with Crippen LogP contribution in [-0.2, 0) is 4.79 Å². The second kappa shape index (κ2) is 5.08. The van der Waals surface area contributed by atoms with Gasteiger partial charge in [0.05, 0.1) is 16.7 Å². The molecule has 4 rings (SSSR count). The highest BCUT2D eigenvalue weighted by molar-refractivity contribution is 6.43. The van der Waals surface area contributed by atoms with Crippen molar-refractivity contribution in [2.24, 2.45) is 28.6 Å². The van der Waals surface area contributed by atoms with Crippen LogP contribution in [0.25, 0.3) is 0 Å². The summed E-state index contributed by atoms with van der Waals surface area (Å²) < 4.78 is 0. The van der Waals surface area contributed by atoms with E-state index in [4.69, 9.17) is 11.6 Å². The largest absolute Gasteiger partial charge is 0.393 e. The molecule has 0 bridgehead atoms. The van der Waals surface area contributed by atoms with Gasteiger partial charge in [0.25, 0.3) is 0 Å². The fourth-order valence-corrected chi connectivity index (χ4v) is 7.40. The summed E-state index contributed by atoms with van der Waals surface area (Å²) in [5.74, 6) is 1.10. The standard InChI is InChI=1S/C20H29ClO3/c1-18-8-7-14(22)17(21)13(18)5-4-11-12-6-9-20(3,24)19(12,2)10-15(23)16(11)18/h11-12,15-16,23-24H,4-10H2,1-3H3/t11-,12-,15+,16+,18-,19-,20-/m0/s1. The van der Waals surface area contributed by atoms with Crippen molar-refractivity contribution in [2.45, 2.75) is 77.4 Å². The zero-order valence-electron chi connectivity index (χ0n) is 14.9. The zero-order chi connectivity index (χ0) is 17.5. The Balaban J connectivity index is 1.77. The highest BCUT2D eigenvalue weighted by Crippen LogP contribution is 2.67. The Hall–Kier alpha value is -0.380. The second-order valence-electron chi connectivity index (χ2n) is 9.47. The van der Waals surface area contributed by atoms with Crippen molar-refractivity contribution in [2.75, 3.05) is 0 Å². The van der Waals surface area contributed by atoms with Crippen molar-refractivity contribution in [1.29, 1.82) is 0 Å². The van der Waals surface area contributed by atoms with E-state index >= 15 is 0 Å². The molecule has 0 saturated heterocycles. The van der Waals surface area contributed by atoms with E-state index in [1.807, 2.05) is 6.92 Å². The van der Waals surface area contributed by atoms with Gasteiger partial charge < -0.3 is 10.2 Å². The molecule has 2 N–H and O–H groups in total. The summed E-state index contributed by atoms with van der Waals surface area (Å²) in [5, 5.41) is 22.5. The lowest BCUT2D eigenvalue weighted by molar-refractivity contribution is -0.166. The minimum atomic E-state index is -0.694. The van der Waals surface area contributed by atoms with Crippen molar-refractivity contribution >= 4 is 17.4 Å². The Morgan fingerprint density at radius 1 is 1.12 bits per heavy atom. The minimum Gasteiger partial charge on any atom is -0.393 e. The van der Waals surface area contributed by atoms with Crippen LogP contribution in [-0.4, -0.2) is 27.7 Å². The smallest absolute Gasteiger partial charge is 0.174 e. The summed E-state index contributed by atoms with van der Waals surface area (Å²) in [7, 11) is 0. The van der Waals surface area contributed by atoms with Crippen LogP contribution >= 0.6 is 11.6 Å². The molecule has 3 saturated carbocycles. The Labute approximate surface area is 149 Å². The zero-order valence-corrected chi connectivity index (χ0v) is 15.7. The summed E-state index contributed by atoms with van der Waals surface area (Å²) in [5.41, 5.74) is 0.0256. The molecule has 0 aliphatic heterocycles. The number of halogens is 1. The van der Waals surface area contributed by atoms with Gasteiger partial charge in [-0.15, -0.1) is 0 Å². The van der Waals surface area contributed by atoms with E-state index < -0.39 is 11.7 Å². The molecule has 0 radical (unpaired) electrons. The molecule has 0 aromatic rings. The monoisotopic (exact) mass is 352 g/mol. The molecule has 134 valence electrons. The third-order valence-electron chi connectivity index (χ3n) is 8.55. The van der Waals surface area contributed by atoms with Crippen LogP contribution < -0.4 is 0 Å². The molecule has 0 aromatic heterocycles. The van der Waals surface area contributed by atoms with Crippen molar-refractivity contribution in [3.8, 4) is 0 Å². The van der Waals surface area contributed by atoms with E-state index in [2.05, 4.69) is 13.8 Å². The van der Waals surface area contributed by atoms with E-state index in [0.29, 0.717) is 29.7 Å². The van der Waals surface area contributed by atoms with Crippen LogP contribution in [0.3, 0.4) is 0 Å². The van der Waals surface area contributed by atoms with Gasteiger partial charge in [0, 0.05) is 11.8 Å². The summed E-state index contributed by atoms with van der Waals surface area (Å²) in [6.45, 7) is 6.34. The number of hydrogen-bond donors (Lipinski definition) is 2. The van der Waals surface area contributed by atoms with Crippen LogP contribution in [0, 0.1) is 28.6 Å². The van der Waals surface area contributed by atoms with Gasteiger partial charge in [-0.05, 0) is 74.2 Å². The van der Waals surface area contributed by atoms with Gasteiger partial charge in [-0.2, -0.15) is 0 Å². The number of aliphatic hydroxyl groups is 2. The number of allylic oxidation sites excluding steroid dienone is 1. The molecule has 3 nitrogen and oxygen atoms in total. The quantitative estimate of drug-likeness (QED) is 0.697. The molecule has 4 heteroatoms. The molecular formula is C20H29ClO3. The summed E-state index contributed by atoms with van der Waals surface area (Å²) in [6.07, 6.45) is 5.22. The number of fused-ring (bicyclic) bond motifs is 5. The number of rotatable bonds is 0. The lowest BCUT2D eigenvalue weighted by Crippen LogP contribution is -2.59. The molecule has 0 aromatic carbocycles. The Bertz CT molecular complexity index is 624. The lowest BCUT2D eigenvalue weighted by atomic mass is 9.45. The van der Waals surface area contributed by atoms with E-state index in [1.54, 1.807) is 0 Å². The number of aliphatic hydroxyl groups excluding tert-OH is 1. The maximum absolute atomic E-state index is 12.1. The lowest BCUT2D eigenvalue weighted by Gasteiger charge is -2.60. The van der Waals surface area contributed by atoms with E-state index in [-0.39, 0.29) is 22.5 Å². The summed E-state index contributed by atoms with van der Waals surface area (Å²) in [6, 6.07) is 0. The fraction of sp³-hybridized carbons (Fsp3) is 0.850. The van der Waals surface area contributed by atoms with Gasteiger partial charge in [0.15, 0.2) is 5.78 Å². The van der Waals surface area contributed by atoms with E-state index in [9.17, 15) is 15.0 Å². The molecular weight excluding hydrogens is 324 g/mol. The molecule has 3 fully saturated rings. The molecule has 4 aliphatic rings. The van der Waals surface area contributed by atoms with Crippen molar-refractivity contribution < 1.29 is 15.0 Å². The molecule has 0 spiro atoms. The number of carbonyl (C=O) groups is 1. The number of carbonyl (C=O) groups excluding carboxylic acids is 1. The van der Waals surface area contributed by atoms with Gasteiger partial charge in [0.1, 0.15) is 0 Å². The van der Waals surface area contributed by atoms with Gasteiger partial charge in [-0.3, -0.25) is 4.79 Å². The Morgan fingerprint density at radius 2 is 1.83 bits per heavy atom. The fourth-order valence-electron chi connectivity index (χ4n) is 7.00. The third kappa shape index (κ3) is 1.95. The molecule has 7 atom stereocenters. The van der Waals surface area contributed by atoms with Crippen molar-refractivity contribution in [3.63, 3.8) is 0 Å². The maximum atomic E-state index is 12.1. The first-order valence-electron chi connectivity index (χ1n) is 9.44. The summed E-state index contributed by atoms with van der Waals surface area (Å²) >= 11 is 6.40. The number of Topliss-reactive ketones (excluding diaryl/α,β-unsaturated/α-hetero) is 1. The first kappa shape index (κ1) is 17.1. The van der Waals surface area contributed by atoms with Crippen LogP contribution in [0.2, 0.25) is 0 Å². The molecule has 4 aliphatic carbocycles. The van der Waals surface area contributed by atoms with Crippen molar-refractivity contribution in [3.05, 3.63) is 10.6 Å². The van der Waals surface area contributed by atoms with Gasteiger partial charge in [-0.25, -0.2) is 0 Å². The second-order valence-corrected chi connectivity index (χ2v) is 9.85. The average molecular weight is 353 g/mol. The van der Waals surface area contributed by atoms with Crippen LogP contribution in [0.15, 0.2) is 10.6 Å². The first-order valence-corrected chi connectivity index (χ1v) is 9.82. The molecule has 0 amide bonds. The number of ketones is 1. The molecule has 0 unspecified atom stereocenters. The highest BCUT2D eigenvalue weighted by atomic mass is 35.5. The minimum absolute atomic E-state index is 0.0709. The Kier molecular flexibility index (Phi) is 3.61. The normalized spacial score (nSPS) is 54.3. The predicted molar refractivity (Wildman–Crippen MR) is 93.5 cm³/mol. The van der Waals surface area contributed by atoms with Crippen molar-refractivity contribution in [1.82, 2.24) is 0 Å². The summed E-state index contributed by atoms with van der Waals surface area (Å²) in [4.78, 5) is 12.1. The first-order chi connectivity index (χ1) is 11.1. The topological polar surface area (TPSA) is 57.5 Å². The number of hydrogen-bond acceptors (Lipinski definition) is 3. The molecule has 24 heavy (non-hydrogen) atoms. The van der Waals surface area contributed by atoms with E-state index in [0.717, 1.165) is 37.7 Å². The molecule has 0 heterocycles. The van der Waals surface area contributed by atoms with Crippen LogP contribution in [0.4, 0.5) is 0 Å². The van der Waals surface area contributed by atoms with Gasteiger partial charge in [-0.1, -0.05) is 25.4 Å². The predicted octanol–water partition coefficient (Wildman–Crippen LogP) is 3.81. The van der Waals surface area contributed by atoms with E-state index in [1.165, 1.54) is 0 Å². The van der Waals surface area contributed by atoms with Crippen LogP contribution in [0.5, 0.6) is 0 Å². The Morgan fingerprint density at radius 3 is 2.54 bits per heavy atom. The van der Waals surface area contributed by atoms with Crippen LogP contribution in [0.1, 0.15) is 65.7 Å². The maximum Gasteiger partial charge on any atom is 0.174 e. The van der Waals surface area contributed by atoms with Gasteiger partial charge >= 0.3 is 0 Å².